The van der Waals surface area contributed by atoms with Crippen LogP contribution in [0.25, 0.3) is 0 Å². The van der Waals surface area contributed by atoms with Crippen LogP contribution in [-0.2, 0) is 80.7 Å². The number of hydrogen-bond donors (Lipinski definition) is 24. The van der Waals surface area contributed by atoms with Crippen LogP contribution in [0, 0.1) is 0 Å². The highest BCUT2D eigenvalue weighted by molar-refractivity contribution is 5.73. The minimum Gasteiger partial charge on any atom is -0.394 e. The maximum Gasteiger partial charge on any atom is 0.217 e. The van der Waals surface area contributed by atoms with Crippen LogP contribution < -0.4 is 10.6 Å². The van der Waals surface area contributed by atoms with E-state index in [-0.39, 0.29) is 6.29 Å². The Bertz CT molecular complexity index is 2330. The van der Waals surface area contributed by atoms with Crippen molar-refractivity contribution in [3.63, 3.8) is 0 Å². The van der Waals surface area contributed by atoms with Gasteiger partial charge in [0.05, 0.1) is 51.8 Å². The predicted octanol–water partition coefficient (Wildman–Crippen LogP) is -16.3. The summed E-state index contributed by atoms with van der Waals surface area (Å²) in [6.45, 7) is -2.46. The van der Waals surface area contributed by atoms with Crippen molar-refractivity contribution in [1.29, 1.82) is 0 Å². The summed E-state index contributed by atoms with van der Waals surface area (Å²) in [6, 6.07) is -3.95. The van der Waals surface area contributed by atoms with Crippen LogP contribution in [-0.4, -0.2) is 409 Å². The van der Waals surface area contributed by atoms with Gasteiger partial charge in [0, 0.05) is 13.8 Å². The molecule has 0 aliphatic carbocycles. The zero-order chi connectivity index (χ0) is 68.9. The van der Waals surface area contributed by atoms with Gasteiger partial charge in [0.15, 0.2) is 50.3 Å². The van der Waals surface area contributed by atoms with Crippen LogP contribution in [0.5, 0.6) is 0 Å². The first kappa shape index (κ1) is 77.5. The molecule has 24 N–H and O–H groups in total. The molecule has 4 unspecified atom stereocenters. The van der Waals surface area contributed by atoms with Crippen molar-refractivity contribution in [2.75, 3.05) is 39.6 Å². The van der Waals surface area contributed by atoms with E-state index < -0.39 is 291 Å². The van der Waals surface area contributed by atoms with Crippen molar-refractivity contribution >= 4 is 18.1 Å². The number of nitrogens with one attached hydrogen (secondary N) is 2. The fourth-order valence-corrected chi connectivity index (χ4v) is 11.7. The van der Waals surface area contributed by atoms with Gasteiger partial charge in [-0.15, -0.1) is 0 Å². The molecule has 7 fully saturated rings. The van der Waals surface area contributed by atoms with E-state index in [0.29, 0.717) is 0 Å². The standard InChI is InChI=1S/C52H88N2O39/c1-12-25(66)31(72)34(75)48(80-12)88-40-21(10-60)85-47(24(54-15(4)63)43(40)91-50-36(77)33(74)28(69)18(7-57)82-50)93-45-30(71)20(9-59)84-52(38(45)79)89-41-22(11-61)86-46(23(53-14(3)62)42(41)90-49-35(76)32(73)26(67)13(2)81-49)92-44-29(70)19(8-58)83-51(37(44)78)87-39(17(65)6-56)27(68)16(64)5-55/h5,12-13,16-52,56-61,64-79H,6-11H2,1-4H3,(H,53,62)(H,54,63)/t12-,13-,16-,17+,18+,19+,20+,21+,22+,23+,24+,25+,26+,27+,28-,29-,30-,31+,32+,33-,34-,35?,36+,37?,38+,39+,40+,41+,42?,43+,44-,45?,46-,47-,48-,49-,50-,51-,52-/m0/s1. The summed E-state index contributed by atoms with van der Waals surface area (Å²) in [7, 11) is 0. The van der Waals surface area contributed by atoms with Gasteiger partial charge in [-0.25, -0.2) is 0 Å². The van der Waals surface area contributed by atoms with Gasteiger partial charge in [-0.2, -0.15) is 0 Å². The van der Waals surface area contributed by atoms with Gasteiger partial charge in [0.2, 0.25) is 11.8 Å². The molecular weight excluding hydrogens is 1280 g/mol. The number of aldehydes is 1. The van der Waals surface area contributed by atoms with Crippen LogP contribution in [0.3, 0.4) is 0 Å². The lowest BCUT2D eigenvalue weighted by Crippen LogP contribution is -2.72. The molecule has 39 atom stereocenters. The second-order valence-electron chi connectivity index (χ2n) is 23.4. The summed E-state index contributed by atoms with van der Waals surface area (Å²) < 4.78 is 83.2. The molecule has 7 aliphatic rings. The first-order valence-electron chi connectivity index (χ1n) is 29.6. The maximum absolute atomic E-state index is 13.3. The SMILES string of the molecule is CC(=O)N[C@H]1[C@H](OC2[C@@H](O)[C@H](O[C@H]3C(O[C@@H]4O[C@@H](C)[C@@H](O)[C@@H](O)C4O)[C@@H](NC(C)=O)[C@H](O[C@@H]4C(O)[C@H](O[C@@H]([C@H](O)[C@@H](O)C=O)[C@H](O)CO)O[C@H](CO)[C@@H]4O)O[C@@H]3CO)O[C@H](CO)[C@@H]2O)O[C@H](CO)[C@@H](O[C@@H]2O[C@@H](C)[C@@H](O)[C@@H](O)[C@@H]2O)[C@@H]1O[C@@H]1O[C@H](CO)[C@H](O)[C@H](O)[C@H]1O. The van der Waals surface area contributed by atoms with E-state index >= 15 is 0 Å². The van der Waals surface area contributed by atoms with Crippen molar-refractivity contribution in [3.05, 3.63) is 0 Å². The fraction of sp³-hybridized carbons (Fsp3) is 0.942. The summed E-state index contributed by atoms with van der Waals surface area (Å²) in [5.74, 6) is -1.95. The summed E-state index contributed by atoms with van der Waals surface area (Å²) in [4.78, 5) is 37.9. The average molecular weight is 1370 g/mol. The number of aliphatic hydroxyl groups is 22. The van der Waals surface area contributed by atoms with Crippen LogP contribution in [0.2, 0.25) is 0 Å². The third-order valence-corrected chi connectivity index (χ3v) is 16.9. The molecule has 540 valence electrons. The maximum atomic E-state index is 13.3. The van der Waals surface area contributed by atoms with Gasteiger partial charge >= 0.3 is 0 Å². The summed E-state index contributed by atoms with van der Waals surface area (Å²) in [6.07, 6.45) is -75.7. The Morgan fingerprint density at radius 1 is 0.387 bits per heavy atom. The minimum absolute atomic E-state index is 0.165. The fourth-order valence-electron chi connectivity index (χ4n) is 11.7. The van der Waals surface area contributed by atoms with Crippen LogP contribution >= 0.6 is 0 Å². The molecule has 0 radical (unpaired) electrons. The number of ether oxygens (including phenoxy) is 14. The van der Waals surface area contributed by atoms with Crippen molar-refractivity contribution in [2.45, 2.75) is 267 Å². The second-order valence-corrected chi connectivity index (χ2v) is 23.4. The quantitative estimate of drug-likeness (QED) is 0.0358. The normalized spacial score (nSPS) is 48.0. The number of carbonyl (C=O) groups is 3. The summed E-state index contributed by atoms with van der Waals surface area (Å²) in [5, 5.41) is 244. The lowest BCUT2D eigenvalue weighted by Gasteiger charge is -2.52. The second kappa shape index (κ2) is 33.8. The van der Waals surface area contributed by atoms with E-state index in [1.54, 1.807) is 0 Å². The van der Waals surface area contributed by atoms with E-state index in [0.717, 1.165) is 13.8 Å². The molecule has 0 saturated carbocycles. The molecule has 7 aliphatic heterocycles. The van der Waals surface area contributed by atoms with Gasteiger partial charge in [-0.1, -0.05) is 0 Å². The lowest BCUT2D eigenvalue weighted by molar-refractivity contribution is -0.398. The molecule has 7 heterocycles. The van der Waals surface area contributed by atoms with Crippen LogP contribution in [0.4, 0.5) is 0 Å². The molecule has 0 aromatic rings. The molecule has 0 aromatic heterocycles. The van der Waals surface area contributed by atoms with Gasteiger partial charge in [-0.3, -0.25) is 9.59 Å². The Morgan fingerprint density at radius 3 is 1.06 bits per heavy atom. The van der Waals surface area contributed by atoms with Gasteiger partial charge < -0.3 is 194 Å². The Balaban J connectivity index is 1.26. The van der Waals surface area contributed by atoms with Crippen molar-refractivity contribution in [2.24, 2.45) is 0 Å². The molecular formula is C52H88N2O39. The Morgan fingerprint density at radius 2 is 0.699 bits per heavy atom. The summed E-state index contributed by atoms with van der Waals surface area (Å²) in [5.41, 5.74) is 0. The van der Waals surface area contributed by atoms with Crippen molar-refractivity contribution < 1.29 is 193 Å². The predicted molar refractivity (Wildman–Crippen MR) is 286 cm³/mol. The number of amides is 2. The van der Waals surface area contributed by atoms with Gasteiger partial charge in [0.1, 0.15) is 183 Å². The summed E-state index contributed by atoms with van der Waals surface area (Å²) >= 11 is 0. The first-order chi connectivity index (χ1) is 43.9. The van der Waals surface area contributed by atoms with Crippen LogP contribution in [0.15, 0.2) is 0 Å². The van der Waals surface area contributed by atoms with Crippen molar-refractivity contribution in [3.8, 4) is 0 Å². The van der Waals surface area contributed by atoms with Gasteiger partial charge in [-0.05, 0) is 13.8 Å². The van der Waals surface area contributed by atoms with E-state index in [9.17, 15) is 127 Å². The Hall–Kier alpha value is -2.83. The molecule has 41 nitrogen and oxygen atoms in total. The molecule has 2 amide bonds. The molecule has 7 rings (SSSR count). The highest BCUT2D eigenvalue weighted by Gasteiger charge is 2.61. The first-order valence-corrected chi connectivity index (χ1v) is 29.6. The Kier molecular flexibility index (Phi) is 28.2. The monoisotopic (exact) mass is 1360 g/mol. The van der Waals surface area contributed by atoms with E-state index in [4.69, 9.17) is 66.3 Å². The number of carbonyl (C=O) groups excluding carboxylic acids is 3. The largest absolute Gasteiger partial charge is 0.394 e. The third-order valence-electron chi connectivity index (χ3n) is 16.9. The molecule has 0 spiro atoms. The van der Waals surface area contributed by atoms with E-state index in [1.807, 2.05) is 0 Å². The molecule has 41 heteroatoms. The lowest BCUT2D eigenvalue weighted by atomic mass is 9.93. The Labute approximate surface area is 527 Å². The van der Waals surface area contributed by atoms with Crippen molar-refractivity contribution in [1.82, 2.24) is 10.6 Å². The number of aliphatic hydroxyl groups excluding tert-OH is 22. The van der Waals surface area contributed by atoms with Gasteiger partial charge in [0.25, 0.3) is 0 Å². The van der Waals surface area contributed by atoms with E-state index in [2.05, 4.69) is 10.6 Å². The average Bonchev–Trinajstić information content (AvgIpc) is 0.767. The molecule has 7 saturated heterocycles. The minimum atomic E-state index is -2.45. The number of hydrogen-bond acceptors (Lipinski definition) is 39. The smallest absolute Gasteiger partial charge is 0.217 e. The third kappa shape index (κ3) is 17.1. The highest BCUT2D eigenvalue weighted by Crippen LogP contribution is 2.40. The molecule has 0 bridgehead atoms. The van der Waals surface area contributed by atoms with Crippen LogP contribution in [0.1, 0.15) is 27.7 Å². The zero-order valence-electron chi connectivity index (χ0n) is 50.1. The molecule has 93 heavy (non-hydrogen) atoms. The zero-order valence-corrected chi connectivity index (χ0v) is 50.1. The molecule has 0 aromatic carbocycles. The topological polar surface area (TPSA) is 650 Å². The highest BCUT2D eigenvalue weighted by atomic mass is 16.8. The van der Waals surface area contributed by atoms with E-state index in [1.165, 1.54) is 13.8 Å². The number of rotatable bonds is 26.